The van der Waals surface area contributed by atoms with Crippen LogP contribution in [0.1, 0.15) is 75.2 Å². The molecule has 0 radical (unpaired) electrons. The smallest absolute Gasteiger partial charge is 0.251 e. The van der Waals surface area contributed by atoms with Gasteiger partial charge in [-0.15, -0.1) is 0 Å². The van der Waals surface area contributed by atoms with Gasteiger partial charge in [0.1, 0.15) is 6.04 Å². The van der Waals surface area contributed by atoms with E-state index in [2.05, 4.69) is 20.9 Å². The minimum absolute atomic E-state index is 0.0507. The molecule has 0 aromatic heterocycles. The standard InChI is InChI=1S/C39H51N5O5/c1-39(2,3)43-38(49)33-21-28-15-9-10-16-30(28)23-44(33)24-34(45)31(19-25-11-5-4-6-12-25)41-37(48)32(22-35(40)46)42-36(47)29-18-17-26-13-7-8-14-27(26)20-29/h4-8,11-14,17-18,20,28,30-34,45H,9-10,15-16,19,21-24H2,1-3H3,(H2,40,46)(H,41,48)(H,42,47)(H,43,49)/t28-,30+,31-,32-,33-,34+/m0/s1. The van der Waals surface area contributed by atoms with E-state index in [4.69, 9.17) is 5.73 Å². The molecule has 1 saturated carbocycles. The number of rotatable bonds is 12. The minimum Gasteiger partial charge on any atom is -0.390 e. The molecule has 10 heteroatoms. The zero-order valence-electron chi connectivity index (χ0n) is 28.9. The van der Waals surface area contributed by atoms with Crippen molar-refractivity contribution in [1.82, 2.24) is 20.9 Å². The molecule has 0 bridgehead atoms. The van der Waals surface area contributed by atoms with E-state index in [0.717, 1.165) is 42.0 Å². The molecule has 0 unspecified atom stereocenters. The van der Waals surface area contributed by atoms with Gasteiger partial charge in [-0.05, 0) is 80.3 Å². The maximum Gasteiger partial charge on any atom is 0.251 e. The predicted octanol–water partition coefficient (Wildman–Crippen LogP) is 3.70. The molecule has 6 N–H and O–H groups in total. The highest BCUT2D eigenvalue weighted by molar-refractivity contribution is 6.01. The summed E-state index contributed by atoms with van der Waals surface area (Å²) in [6.45, 7) is 6.75. The van der Waals surface area contributed by atoms with Gasteiger partial charge in [-0.25, -0.2) is 0 Å². The van der Waals surface area contributed by atoms with Crippen molar-refractivity contribution in [2.75, 3.05) is 13.1 Å². The van der Waals surface area contributed by atoms with Crippen LogP contribution in [0.5, 0.6) is 0 Å². The molecule has 0 spiro atoms. The van der Waals surface area contributed by atoms with Crippen molar-refractivity contribution in [2.24, 2.45) is 17.6 Å². The van der Waals surface area contributed by atoms with Crippen LogP contribution in [-0.4, -0.2) is 76.5 Å². The highest BCUT2D eigenvalue weighted by atomic mass is 16.3. The lowest BCUT2D eigenvalue weighted by Crippen LogP contribution is -2.61. The average Bonchev–Trinajstić information content (AvgIpc) is 3.06. The number of likely N-dealkylation sites (tertiary alicyclic amines) is 1. The summed E-state index contributed by atoms with van der Waals surface area (Å²) >= 11 is 0. The van der Waals surface area contributed by atoms with E-state index in [-0.39, 0.29) is 12.5 Å². The fourth-order valence-electron chi connectivity index (χ4n) is 7.41. The zero-order valence-corrected chi connectivity index (χ0v) is 28.9. The molecule has 1 aliphatic carbocycles. The molecule has 3 aromatic carbocycles. The highest BCUT2D eigenvalue weighted by Crippen LogP contribution is 2.39. The molecule has 3 aromatic rings. The van der Waals surface area contributed by atoms with Crippen molar-refractivity contribution >= 4 is 34.4 Å². The van der Waals surface area contributed by atoms with Gasteiger partial charge < -0.3 is 26.8 Å². The molecular weight excluding hydrogens is 618 g/mol. The van der Waals surface area contributed by atoms with E-state index >= 15 is 0 Å². The number of carbonyl (C=O) groups is 4. The van der Waals surface area contributed by atoms with E-state index in [0.29, 0.717) is 30.4 Å². The lowest BCUT2D eigenvalue weighted by atomic mass is 9.72. The molecule has 262 valence electrons. The van der Waals surface area contributed by atoms with E-state index < -0.39 is 53.9 Å². The molecule has 6 atom stereocenters. The molecule has 2 aliphatic rings. The van der Waals surface area contributed by atoms with Gasteiger partial charge in [0.05, 0.1) is 24.6 Å². The van der Waals surface area contributed by atoms with Crippen molar-refractivity contribution in [2.45, 2.75) is 95.5 Å². The summed E-state index contributed by atoms with van der Waals surface area (Å²) in [5.74, 6) is -1.02. The van der Waals surface area contributed by atoms with Crippen LogP contribution < -0.4 is 21.7 Å². The van der Waals surface area contributed by atoms with Crippen molar-refractivity contribution in [3.8, 4) is 0 Å². The molecule has 1 saturated heterocycles. The fraction of sp³-hybridized carbons (Fsp3) is 0.487. The number of aliphatic hydroxyl groups excluding tert-OH is 1. The lowest BCUT2D eigenvalue weighted by molar-refractivity contribution is -0.133. The second-order valence-electron chi connectivity index (χ2n) is 14.9. The number of fused-ring (bicyclic) bond motifs is 2. The second-order valence-corrected chi connectivity index (χ2v) is 14.9. The minimum atomic E-state index is -1.26. The Kier molecular flexibility index (Phi) is 11.7. The molecule has 1 heterocycles. The van der Waals surface area contributed by atoms with Gasteiger partial charge in [0.2, 0.25) is 17.7 Å². The Morgan fingerprint density at radius 2 is 1.57 bits per heavy atom. The molecule has 2 fully saturated rings. The molecule has 5 rings (SSSR count). The Morgan fingerprint density at radius 3 is 2.27 bits per heavy atom. The first kappa shape index (κ1) is 36.0. The molecule has 49 heavy (non-hydrogen) atoms. The number of hydrogen-bond donors (Lipinski definition) is 5. The van der Waals surface area contributed by atoms with E-state index in [9.17, 15) is 24.3 Å². The van der Waals surface area contributed by atoms with Crippen molar-refractivity contribution < 1.29 is 24.3 Å². The van der Waals surface area contributed by atoms with Gasteiger partial charge in [0.15, 0.2) is 0 Å². The number of carbonyl (C=O) groups excluding carboxylic acids is 4. The maximum absolute atomic E-state index is 13.8. The van der Waals surface area contributed by atoms with Crippen LogP contribution >= 0.6 is 0 Å². The summed E-state index contributed by atoms with van der Waals surface area (Å²) in [6.07, 6.45) is 4.11. The second kappa shape index (κ2) is 16.0. The van der Waals surface area contributed by atoms with Crippen LogP contribution in [0.15, 0.2) is 72.8 Å². The molecular formula is C39H51N5O5. The van der Waals surface area contributed by atoms with Gasteiger partial charge in [-0.1, -0.05) is 79.9 Å². The summed E-state index contributed by atoms with van der Waals surface area (Å²) in [6, 6.07) is 19.9. The highest BCUT2D eigenvalue weighted by Gasteiger charge is 2.42. The van der Waals surface area contributed by atoms with Gasteiger partial charge >= 0.3 is 0 Å². The SMILES string of the molecule is CC(C)(C)NC(=O)[C@@H]1C[C@@H]2CCCC[C@@H]2CN1C[C@@H](O)[C@H](Cc1ccccc1)NC(=O)[C@H](CC(N)=O)NC(=O)c1ccc2ccccc2c1. The van der Waals surface area contributed by atoms with Crippen LogP contribution in [0.3, 0.4) is 0 Å². The van der Waals surface area contributed by atoms with Crippen molar-refractivity contribution in [3.05, 3.63) is 83.9 Å². The first-order chi connectivity index (χ1) is 23.4. The number of nitrogens with two attached hydrogens (primary N) is 1. The third kappa shape index (κ3) is 9.89. The quantitative estimate of drug-likeness (QED) is 0.198. The Balaban J connectivity index is 1.35. The van der Waals surface area contributed by atoms with E-state index in [1.54, 1.807) is 12.1 Å². The predicted molar refractivity (Wildman–Crippen MR) is 190 cm³/mol. The first-order valence-corrected chi connectivity index (χ1v) is 17.5. The summed E-state index contributed by atoms with van der Waals surface area (Å²) in [5, 5.41) is 22.5. The molecule has 4 amide bonds. The maximum atomic E-state index is 13.8. The van der Waals surface area contributed by atoms with Gasteiger partial charge in [-0.3, -0.25) is 24.1 Å². The molecule has 1 aliphatic heterocycles. The Morgan fingerprint density at radius 1 is 0.898 bits per heavy atom. The number of β-amino-alcohol motifs (C(OH)–C–C–N with tert-alkyl or cyclic N) is 1. The van der Waals surface area contributed by atoms with Crippen LogP contribution in [0, 0.1) is 11.8 Å². The number of primary amides is 1. The number of hydrogen-bond acceptors (Lipinski definition) is 6. The number of piperidine rings is 1. The van der Waals surface area contributed by atoms with Crippen LogP contribution in [-0.2, 0) is 20.8 Å². The van der Waals surface area contributed by atoms with Crippen LogP contribution in [0.25, 0.3) is 10.8 Å². The summed E-state index contributed by atoms with van der Waals surface area (Å²) in [5.41, 5.74) is 6.37. The van der Waals surface area contributed by atoms with Gasteiger partial charge in [0, 0.05) is 24.2 Å². The Bertz CT molecular complexity index is 1620. The summed E-state index contributed by atoms with van der Waals surface area (Å²) in [4.78, 5) is 55.0. The number of nitrogens with one attached hydrogen (secondary N) is 3. The van der Waals surface area contributed by atoms with E-state index in [1.807, 2.05) is 81.4 Å². The van der Waals surface area contributed by atoms with Crippen molar-refractivity contribution in [1.29, 1.82) is 0 Å². The number of aliphatic hydroxyl groups is 1. The number of nitrogens with zero attached hydrogens (tertiary/aromatic N) is 1. The number of amides is 4. The molecule has 10 nitrogen and oxygen atoms in total. The third-order valence-corrected chi connectivity index (χ3v) is 9.85. The average molecular weight is 670 g/mol. The largest absolute Gasteiger partial charge is 0.390 e. The third-order valence-electron chi connectivity index (χ3n) is 9.85. The topological polar surface area (TPSA) is 154 Å². The lowest BCUT2D eigenvalue weighted by Gasteiger charge is -2.47. The zero-order chi connectivity index (χ0) is 35.1. The summed E-state index contributed by atoms with van der Waals surface area (Å²) in [7, 11) is 0. The summed E-state index contributed by atoms with van der Waals surface area (Å²) < 4.78 is 0. The first-order valence-electron chi connectivity index (χ1n) is 17.5. The van der Waals surface area contributed by atoms with Crippen LogP contribution in [0.4, 0.5) is 0 Å². The monoisotopic (exact) mass is 669 g/mol. The van der Waals surface area contributed by atoms with E-state index in [1.165, 1.54) is 6.42 Å². The van der Waals surface area contributed by atoms with Crippen LogP contribution in [0.2, 0.25) is 0 Å². The van der Waals surface area contributed by atoms with Gasteiger partial charge in [-0.2, -0.15) is 0 Å². The van der Waals surface area contributed by atoms with Gasteiger partial charge in [0.25, 0.3) is 5.91 Å². The Hall–Kier alpha value is -4.28. The fourth-order valence-corrected chi connectivity index (χ4v) is 7.41. The number of benzene rings is 3. The Labute approximate surface area is 289 Å². The normalized spacial score (nSPS) is 21.5. The van der Waals surface area contributed by atoms with Crippen molar-refractivity contribution in [3.63, 3.8) is 0 Å².